The van der Waals surface area contributed by atoms with Crippen LogP contribution in [0, 0.1) is 5.82 Å². The monoisotopic (exact) mass is 458 g/mol. The Balaban J connectivity index is 1.31. The Morgan fingerprint density at radius 2 is 1.97 bits per heavy atom. The van der Waals surface area contributed by atoms with E-state index in [-0.39, 0.29) is 18.3 Å². The molecule has 0 bridgehead atoms. The molecule has 5 rings (SSSR count). The Kier molecular flexibility index (Phi) is 5.52. The van der Waals surface area contributed by atoms with Crippen LogP contribution in [0.1, 0.15) is 27.2 Å². The van der Waals surface area contributed by atoms with Gasteiger partial charge in [-0.1, -0.05) is 29.8 Å². The van der Waals surface area contributed by atoms with E-state index in [1.54, 1.807) is 35.2 Å². The van der Waals surface area contributed by atoms with Crippen molar-refractivity contribution in [3.63, 3.8) is 0 Å². The molecule has 0 saturated carbocycles. The first-order valence-electron chi connectivity index (χ1n) is 10.5. The molecule has 0 unspecified atom stereocenters. The summed E-state index contributed by atoms with van der Waals surface area (Å²) in [5, 5.41) is 5.14. The van der Waals surface area contributed by atoms with Crippen molar-refractivity contribution in [2.45, 2.75) is 13.0 Å². The Hall–Kier alpha value is -3.77. The first kappa shape index (κ1) is 21.1. The molecule has 7 heteroatoms. The molecule has 3 heterocycles. The van der Waals surface area contributed by atoms with E-state index >= 15 is 0 Å². The SMILES string of the molecule is Cn1cc(Cl)c2cc(CNC(=O)c3ccnc(Cc4cnc5ccccc5c4)c3)c(F)cc21. The number of nitrogens with zero attached hydrogens (tertiary/aromatic N) is 3. The fourth-order valence-electron chi connectivity index (χ4n) is 3.95. The summed E-state index contributed by atoms with van der Waals surface area (Å²) in [7, 11) is 1.81. The molecule has 0 saturated heterocycles. The molecule has 0 radical (unpaired) electrons. The molecule has 1 N–H and O–H groups in total. The van der Waals surface area contributed by atoms with E-state index in [0.29, 0.717) is 28.1 Å². The molecule has 0 aliphatic heterocycles. The van der Waals surface area contributed by atoms with Crippen molar-refractivity contribution < 1.29 is 9.18 Å². The van der Waals surface area contributed by atoms with Crippen LogP contribution in [0.15, 0.2) is 73.2 Å². The van der Waals surface area contributed by atoms with Crippen molar-refractivity contribution >= 4 is 39.3 Å². The number of benzene rings is 2. The second-order valence-corrected chi connectivity index (χ2v) is 8.39. The minimum absolute atomic E-state index is 0.0537. The van der Waals surface area contributed by atoms with Crippen LogP contribution in [0.25, 0.3) is 21.8 Å². The molecule has 0 aliphatic rings. The topological polar surface area (TPSA) is 59.8 Å². The van der Waals surface area contributed by atoms with Gasteiger partial charge >= 0.3 is 0 Å². The minimum Gasteiger partial charge on any atom is -0.349 e. The number of carbonyl (C=O) groups excluding carboxylic acids is 1. The number of rotatable bonds is 5. The van der Waals surface area contributed by atoms with Gasteiger partial charge in [0.15, 0.2) is 0 Å². The van der Waals surface area contributed by atoms with Gasteiger partial charge in [0.05, 0.1) is 16.1 Å². The lowest BCUT2D eigenvalue weighted by molar-refractivity contribution is 0.0950. The van der Waals surface area contributed by atoms with Crippen LogP contribution in [0.2, 0.25) is 5.02 Å². The summed E-state index contributed by atoms with van der Waals surface area (Å²) in [5.41, 5.74) is 4.24. The lowest BCUT2D eigenvalue weighted by Crippen LogP contribution is -2.23. The fourth-order valence-corrected chi connectivity index (χ4v) is 4.25. The first-order valence-corrected chi connectivity index (χ1v) is 10.9. The second kappa shape index (κ2) is 8.64. The number of hydrogen-bond donors (Lipinski definition) is 1. The predicted octanol–water partition coefficient (Wildman–Crippen LogP) is 5.43. The Morgan fingerprint density at radius 3 is 2.85 bits per heavy atom. The van der Waals surface area contributed by atoms with Crippen molar-refractivity contribution in [3.05, 3.63) is 106 Å². The van der Waals surface area contributed by atoms with Crippen LogP contribution in [0.5, 0.6) is 0 Å². The van der Waals surface area contributed by atoms with E-state index in [0.717, 1.165) is 27.5 Å². The van der Waals surface area contributed by atoms with E-state index in [1.165, 1.54) is 6.07 Å². The van der Waals surface area contributed by atoms with Gasteiger partial charge < -0.3 is 9.88 Å². The van der Waals surface area contributed by atoms with Gasteiger partial charge in [0.2, 0.25) is 0 Å². The predicted molar refractivity (Wildman–Crippen MR) is 128 cm³/mol. The number of fused-ring (bicyclic) bond motifs is 2. The van der Waals surface area contributed by atoms with Crippen LogP contribution in [-0.2, 0) is 20.0 Å². The average Bonchev–Trinajstić information content (AvgIpc) is 3.09. The summed E-state index contributed by atoms with van der Waals surface area (Å²) in [6.45, 7) is 0.0537. The quantitative estimate of drug-likeness (QED) is 0.382. The van der Waals surface area contributed by atoms with Gasteiger partial charge in [-0.2, -0.15) is 0 Å². The van der Waals surface area contributed by atoms with Crippen LogP contribution in [0.4, 0.5) is 4.39 Å². The van der Waals surface area contributed by atoms with Gasteiger partial charge in [0, 0.05) is 66.2 Å². The molecule has 5 nitrogen and oxygen atoms in total. The maximum Gasteiger partial charge on any atom is 0.251 e. The lowest BCUT2D eigenvalue weighted by Gasteiger charge is -2.09. The average molecular weight is 459 g/mol. The number of aromatic nitrogens is 3. The minimum atomic E-state index is -0.389. The molecule has 0 spiro atoms. The fraction of sp³-hybridized carbons (Fsp3) is 0.115. The summed E-state index contributed by atoms with van der Waals surface area (Å²) < 4.78 is 16.3. The maximum atomic E-state index is 14.6. The molecule has 33 heavy (non-hydrogen) atoms. The number of halogens is 2. The summed E-state index contributed by atoms with van der Waals surface area (Å²) in [6, 6.07) is 16.5. The number of hydrogen-bond acceptors (Lipinski definition) is 3. The number of aryl methyl sites for hydroxylation is 1. The van der Waals surface area contributed by atoms with Crippen LogP contribution in [-0.4, -0.2) is 20.4 Å². The highest BCUT2D eigenvalue weighted by molar-refractivity contribution is 6.35. The van der Waals surface area contributed by atoms with Crippen LogP contribution >= 0.6 is 11.6 Å². The standard InChI is InChI=1S/C26H20ClFN4O/c1-32-15-22(27)21-11-19(23(28)12-25(21)32)14-31-26(33)18-6-7-29-20(10-18)9-16-8-17-4-2-3-5-24(17)30-13-16/h2-8,10-13,15H,9,14H2,1H3,(H,31,33). The van der Waals surface area contributed by atoms with Crippen molar-refractivity contribution in [2.24, 2.45) is 7.05 Å². The van der Waals surface area contributed by atoms with Crippen molar-refractivity contribution in [3.8, 4) is 0 Å². The molecule has 164 valence electrons. The first-order chi connectivity index (χ1) is 16.0. The summed E-state index contributed by atoms with van der Waals surface area (Å²) in [5.74, 6) is -0.686. The summed E-state index contributed by atoms with van der Waals surface area (Å²) in [6.07, 6.45) is 5.72. The number of pyridine rings is 2. The van der Waals surface area contributed by atoms with Gasteiger partial charge in [0.25, 0.3) is 5.91 Å². The molecule has 0 atom stereocenters. The van der Waals surface area contributed by atoms with Crippen LogP contribution in [0.3, 0.4) is 0 Å². The highest BCUT2D eigenvalue weighted by Crippen LogP contribution is 2.27. The van der Waals surface area contributed by atoms with Crippen LogP contribution < -0.4 is 5.32 Å². The molecular weight excluding hydrogens is 439 g/mol. The zero-order valence-electron chi connectivity index (χ0n) is 17.8. The second-order valence-electron chi connectivity index (χ2n) is 7.98. The van der Waals surface area contributed by atoms with Gasteiger partial charge in [-0.15, -0.1) is 0 Å². The molecule has 2 aromatic carbocycles. The molecule has 5 aromatic rings. The lowest BCUT2D eigenvalue weighted by atomic mass is 10.1. The van der Waals surface area contributed by atoms with Gasteiger partial charge in [-0.05, 0) is 42.0 Å². The van der Waals surface area contributed by atoms with Crippen molar-refractivity contribution in [1.82, 2.24) is 19.9 Å². The molecule has 0 fully saturated rings. The largest absolute Gasteiger partial charge is 0.349 e. The van der Waals surface area contributed by atoms with E-state index in [4.69, 9.17) is 11.6 Å². The Labute approximate surface area is 194 Å². The third-order valence-electron chi connectivity index (χ3n) is 5.66. The number of carbonyl (C=O) groups is 1. The smallest absolute Gasteiger partial charge is 0.251 e. The molecule has 1 amide bonds. The molecule has 3 aromatic heterocycles. The Morgan fingerprint density at radius 1 is 1.12 bits per heavy atom. The van der Waals surface area contributed by atoms with E-state index in [1.807, 2.05) is 37.5 Å². The zero-order chi connectivity index (χ0) is 22.9. The van der Waals surface area contributed by atoms with E-state index < -0.39 is 0 Å². The third kappa shape index (κ3) is 4.30. The normalized spacial score (nSPS) is 11.2. The van der Waals surface area contributed by atoms with E-state index in [2.05, 4.69) is 21.4 Å². The number of nitrogens with one attached hydrogen (secondary N) is 1. The summed E-state index contributed by atoms with van der Waals surface area (Å²) in [4.78, 5) is 21.6. The zero-order valence-corrected chi connectivity index (χ0v) is 18.6. The van der Waals surface area contributed by atoms with Crippen molar-refractivity contribution in [1.29, 1.82) is 0 Å². The van der Waals surface area contributed by atoms with E-state index in [9.17, 15) is 9.18 Å². The highest BCUT2D eigenvalue weighted by Gasteiger charge is 2.13. The number of amides is 1. The van der Waals surface area contributed by atoms with Crippen molar-refractivity contribution in [2.75, 3.05) is 0 Å². The molecular formula is C26H20ClFN4O. The Bertz CT molecular complexity index is 1510. The molecule has 0 aliphatic carbocycles. The van der Waals surface area contributed by atoms with Gasteiger partial charge in [-0.25, -0.2) is 4.39 Å². The van der Waals surface area contributed by atoms with Gasteiger partial charge in [0.1, 0.15) is 5.82 Å². The number of para-hydroxylation sites is 1. The maximum absolute atomic E-state index is 14.6. The van der Waals surface area contributed by atoms with Gasteiger partial charge in [-0.3, -0.25) is 14.8 Å². The third-order valence-corrected chi connectivity index (χ3v) is 5.96. The highest BCUT2D eigenvalue weighted by atomic mass is 35.5. The summed E-state index contributed by atoms with van der Waals surface area (Å²) >= 11 is 6.23.